The van der Waals surface area contributed by atoms with Crippen molar-refractivity contribution in [3.05, 3.63) is 47.8 Å². The Morgan fingerprint density at radius 3 is 2.62 bits per heavy atom. The van der Waals surface area contributed by atoms with Crippen molar-refractivity contribution < 1.29 is 9.84 Å². The van der Waals surface area contributed by atoms with Crippen LogP contribution >= 0.6 is 0 Å². The Morgan fingerprint density at radius 1 is 1.25 bits per heavy atom. The minimum atomic E-state index is -0.0581. The van der Waals surface area contributed by atoms with Gasteiger partial charge in [0.1, 0.15) is 5.75 Å². The van der Waals surface area contributed by atoms with Gasteiger partial charge in [0.05, 0.1) is 12.3 Å². The minimum Gasteiger partial charge on any atom is -0.424 e. The minimum absolute atomic E-state index is 0.0581. The van der Waals surface area contributed by atoms with Crippen LogP contribution in [0.1, 0.15) is 11.3 Å². The average Bonchev–Trinajstić information content (AvgIpc) is 2.31. The third kappa shape index (κ3) is 2.35. The molecule has 0 atom stereocenters. The first kappa shape index (κ1) is 10.6. The van der Waals surface area contributed by atoms with Crippen molar-refractivity contribution in [2.24, 2.45) is 0 Å². The van der Waals surface area contributed by atoms with E-state index < -0.39 is 0 Å². The predicted octanol–water partition coefficient (Wildman–Crippen LogP) is 2.07. The van der Waals surface area contributed by atoms with Gasteiger partial charge < -0.3 is 9.84 Å². The van der Waals surface area contributed by atoms with Gasteiger partial charge in [-0.25, -0.2) is 4.98 Å². The number of aliphatic hydroxyl groups excluding tert-OH is 1. The standard InChI is InChI=1S/C12H12N2O2/c1-9-10(8-15)7-13-12(14-9)16-11-5-3-2-4-6-11/h2-7,15H,8H2,1H3. The number of hydrogen-bond donors (Lipinski definition) is 1. The van der Waals surface area contributed by atoms with Crippen LogP contribution in [0.4, 0.5) is 0 Å². The van der Waals surface area contributed by atoms with Crippen molar-refractivity contribution in [3.63, 3.8) is 0 Å². The Kier molecular flexibility index (Phi) is 3.12. The van der Waals surface area contributed by atoms with Crippen molar-refractivity contribution in [1.82, 2.24) is 9.97 Å². The van der Waals surface area contributed by atoms with Crippen molar-refractivity contribution in [2.45, 2.75) is 13.5 Å². The summed E-state index contributed by atoms with van der Waals surface area (Å²) in [4.78, 5) is 8.16. The van der Waals surface area contributed by atoms with E-state index in [0.717, 1.165) is 5.69 Å². The third-order valence-electron chi connectivity index (χ3n) is 2.18. The summed E-state index contributed by atoms with van der Waals surface area (Å²) in [6, 6.07) is 9.63. The van der Waals surface area contributed by atoms with E-state index in [1.807, 2.05) is 37.3 Å². The lowest BCUT2D eigenvalue weighted by atomic mass is 10.3. The molecule has 0 spiro atoms. The van der Waals surface area contributed by atoms with E-state index in [2.05, 4.69) is 9.97 Å². The third-order valence-corrected chi connectivity index (χ3v) is 2.18. The molecule has 0 saturated heterocycles. The van der Waals surface area contributed by atoms with Crippen LogP contribution < -0.4 is 4.74 Å². The number of hydrogen-bond acceptors (Lipinski definition) is 4. The molecule has 4 heteroatoms. The van der Waals surface area contributed by atoms with Crippen LogP contribution in [0.3, 0.4) is 0 Å². The molecule has 0 amide bonds. The van der Waals surface area contributed by atoms with Crippen LogP contribution in [0.5, 0.6) is 11.8 Å². The van der Waals surface area contributed by atoms with E-state index in [4.69, 9.17) is 9.84 Å². The van der Waals surface area contributed by atoms with Gasteiger partial charge in [0.2, 0.25) is 0 Å². The Labute approximate surface area is 93.6 Å². The number of ether oxygens (including phenoxy) is 1. The zero-order valence-electron chi connectivity index (χ0n) is 8.92. The van der Waals surface area contributed by atoms with Gasteiger partial charge in [0.25, 0.3) is 0 Å². The second kappa shape index (κ2) is 4.72. The molecule has 0 aliphatic rings. The van der Waals surface area contributed by atoms with Gasteiger partial charge in [-0.1, -0.05) is 18.2 Å². The topological polar surface area (TPSA) is 55.2 Å². The molecule has 0 unspecified atom stereocenters. The fourth-order valence-electron chi connectivity index (χ4n) is 1.27. The maximum Gasteiger partial charge on any atom is 0.322 e. The Balaban J connectivity index is 2.20. The smallest absolute Gasteiger partial charge is 0.322 e. The number of para-hydroxylation sites is 1. The number of aliphatic hydroxyl groups is 1. The molecule has 16 heavy (non-hydrogen) atoms. The first-order valence-electron chi connectivity index (χ1n) is 4.96. The summed E-state index contributed by atoms with van der Waals surface area (Å²) in [7, 11) is 0. The average molecular weight is 216 g/mol. The monoisotopic (exact) mass is 216 g/mol. The molecule has 0 radical (unpaired) electrons. The summed E-state index contributed by atoms with van der Waals surface area (Å²) in [5.41, 5.74) is 1.43. The molecule has 2 rings (SSSR count). The lowest BCUT2D eigenvalue weighted by Crippen LogP contribution is -1.98. The Morgan fingerprint density at radius 2 is 2.00 bits per heavy atom. The van der Waals surface area contributed by atoms with E-state index in [1.54, 1.807) is 6.20 Å². The summed E-state index contributed by atoms with van der Waals surface area (Å²) < 4.78 is 5.45. The highest BCUT2D eigenvalue weighted by Crippen LogP contribution is 2.17. The highest BCUT2D eigenvalue weighted by molar-refractivity contribution is 5.25. The van der Waals surface area contributed by atoms with Crippen molar-refractivity contribution in [1.29, 1.82) is 0 Å². The molecule has 0 bridgehead atoms. The van der Waals surface area contributed by atoms with E-state index in [9.17, 15) is 0 Å². The summed E-state index contributed by atoms with van der Waals surface area (Å²) in [6.45, 7) is 1.75. The maximum atomic E-state index is 8.98. The first-order chi connectivity index (χ1) is 7.79. The van der Waals surface area contributed by atoms with Gasteiger partial charge in [0.15, 0.2) is 0 Å². The molecule has 0 saturated carbocycles. The van der Waals surface area contributed by atoms with Gasteiger partial charge >= 0.3 is 6.01 Å². The molecule has 1 aromatic carbocycles. The molecular formula is C12H12N2O2. The Bertz CT molecular complexity index is 472. The van der Waals surface area contributed by atoms with Crippen molar-refractivity contribution in [2.75, 3.05) is 0 Å². The number of aromatic nitrogens is 2. The summed E-state index contributed by atoms with van der Waals surface area (Å²) in [5.74, 6) is 0.693. The summed E-state index contributed by atoms with van der Waals surface area (Å²) >= 11 is 0. The molecule has 0 aliphatic carbocycles. The highest BCUT2D eigenvalue weighted by atomic mass is 16.5. The van der Waals surface area contributed by atoms with E-state index in [1.165, 1.54) is 0 Å². The highest BCUT2D eigenvalue weighted by Gasteiger charge is 2.03. The van der Waals surface area contributed by atoms with Crippen LogP contribution in [0.25, 0.3) is 0 Å². The van der Waals surface area contributed by atoms with Crippen molar-refractivity contribution >= 4 is 0 Å². The van der Waals surface area contributed by atoms with Gasteiger partial charge in [-0.15, -0.1) is 0 Å². The second-order valence-electron chi connectivity index (χ2n) is 3.34. The molecule has 0 fully saturated rings. The normalized spacial score (nSPS) is 10.1. The van der Waals surface area contributed by atoms with Crippen LogP contribution in [0.2, 0.25) is 0 Å². The van der Waals surface area contributed by atoms with E-state index in [-0.39, 0.29) is 6.61 Å². The van der Waals surface area contributed by atoms with Crippen LogP contribution in [0.15, 0.2) is 36.5 Å². The van der Waals surface area contributed by atoms with E-state index in [0.29, 0.717) is 17.3 Å². The van der Waals surface area contributed by atoms with Crippen LogP contribution in [-0.4, -0.2) is 15.1 Å². The molecule has 0 aliphatic heterocycles. The van der Waals surface area contributed by atoms with Gasteiger partial charge in [-0.05, 0) is 19.1 Å². The lowest BCUT2D eigenvalue weighted by molar-refractivity contribution is 0.279. The zero-order valence-corrected chi connectivity index (χ0v) is 8.92. The van der Waals surface area contributed by atoms with E-state index >= 15 is 0 Å². The lowest BCUT2D eigenvalue weighted by Gasteiger charge is -2.05. The van der Waals surface area contributed by atoms with Gasteiger partial charge in [-0.3, -0.25) is 0 Å². The Hall–Kier alpha value is -1.94. The number of rotatable bonds is 3. The maximum absolute atomic E-state index is 8.98. The molecule has 4 nitrogen and oxygen atoms in total. The molecule has 2 aromatic rings. The van der Waals surface area contributed by atoms with Crippen LogP contribution in [0, 0.1) is 6.92 Å². The molecule has 82 valence electrons. The number of nitrogens with zero attached hydrogens (tertiary/aromatic N) is 2. The molecular weight excluding hydrogens is 204 g/mol. The SMILES string of the molecule is Cc1nc(Oc2ccccc2)ncc1CO. The summed E-state index contributed by atoms with van der Waals surface area (Å²) in [5, 5.41) is 8.98. The second-order valence-corrected chi connectivity index (χ2v) is 3.34. The molecule has 1 aromatic heterocycles. The quantitative estimate of drug-likeness (QED) is 0.853. The fourth-order valence-corrected chi connectivity index (χ4v) is 1.27. The molecule has 1 heterocycles. The predicted molar refractivity (Wildman–Crippen MR) is 59.2 cm³/mol. The number of benzene rings is 1. The van der Waals surface area contributed by atoms with Crippen LogP contribution in [-0.2, 0) is 6.61 Å². The van der Waals surface area contributed by atoms with Gasteiger partial charge in [0, 0.05) is 11.8 Å². The fraction of sp³-hybridized carbons (Fsp3) is 0.167. The first-order valence-corrected chi connectivity index (χ1v) is 4.96. The van der Waals surface area contributed by atoms with Gasteiger partial charge in [-0.2, -0.15) is 4.98 Å². The largest absolute Gasteiger partial charge is 0.424 e. The number of aryl methyl sites for hydroxylation is 1. The molecule has 1 N–H and O–H groups in total. The summed E-state index contributed by atoms with van der Waals surface area (Å²) in [6.07, 6.45) is 1.57. The van der Waals surface area contributed by atoms with Crippen molar-refractivity contribution in [3.8, 4) is 11.8 Å². The zero-order chi connectivity index (χ0) is 11.4.